The Bertz CT molecular complexity index is 3900. The molecule has 0 saturated carbocycles. The highest BCUT2D eigenvalue weighted by Crippen LogP contribution is 2.42. The van der Waals surface area contributed by atoms with Crippen molar-refractivity contribution in [3.05, 3.63) is 279 Å². The van der Waals surface area contributed by atoms with Crippen molar-refractivity contribution < 1.29 is 0 Å². The van der Waals surface area contributed by atoms with E-state index < -0.39 is 0 Å². The summed E-state index contributed by atoms with van der Waals surface area (Å²) in [6, 6.07) is 100. The van der Waals surface area contributed by atoms with Crippen molar-refractivity contribution >= 4 is 43.6 Å². The van der Waals surface area contributed by atoms with Crippen LogP contribution < -0.4 is 0 Å². The van der Waals surface area contributed by atoms with Gasteiger partial charge in [-0.15, -0.1) is 0 Å². The summed E-state index contributed by atoms with van der Waals surface area (Å²) < 4.78 is 4.88. The molecule has 4 nitrogen and oxygen atoms in total. The topological polar surface area (TPSA) is 35.6 Å². The maximum atomic E-state index is 5.44. The summed E-state index contributed by atoms with van der Waals surface area (Å²) in [5.41, 5.74) is 20.5. The summed E-state index contributed by atoms with van der Waals surface area (Å²) in [5, 5.41) is 4.72. The Morgan fingerprint density at radius 3 is 0.757 bits per heavy atom. The highest BCUT2D eigenvalue weighted by Gasteiger charge is 2.21. The molecule has 14 aromatic rings. The summed E-state index contributed by atoms with van der Waals surface area (Å²) in [4.78, 5) is 10.9. The fourth-order valence-corrected chi connectivity index (χ4v) is 10.9. The van der Waals surface area contributed by atoms with E-state index in [-0.39, 0.29) is 0 Å². The minimum absolute atomic E-state index is 0.644. The molecule has 0 aliphatic heterocycles. The zero-order chi connectivity index (χ0) is 49.0. The van der Waals surface area contributed by atoms with Gasteiger partial charge in [-0.2, -0.15) is 0 Å². The fourth-order valence-electron chi connectivity index (χ4n) is 10.9. The summed E-state index contributed by atoms with van der Waals surface area (Å²) >= 11 is 0. The Morgan fingerprint density at radius 1 is 0.203 bits per heavy atom. The normalized spacial score (nSPS) is 11.5. The second-order valence-electron chi connectivity index (χ2n) is 19.0. The van der Waals surface area contributed by atoms with E-state index in [0.717, 1.165) is 61.5 Å². The number of fused-ring (bicyclic) bond motifs is 6. The molecule has 11 aromatic carbocycles. The first-order chi connectivity index (χ1) is 36.7. The predicted octanol–water partition coefficient (Wildman–Crippen LogP) is 18.3. The van der Waals surface area contributed by atoms with Gasteiger partial charge < -0.3 is 9.13 Å². The van der Waals surface area contributed by atoms with Crippen molar-refractivity contribution in [1.82, 2.24) is 19.1 Å². The lowest BCUT2D eigenvalue weighted by atomic mass is 10.0. The molecule has 0 fully saturated rings. The molecular weight excluding hydrogens is 897 g/mol. The molecule has 0 N–H and O–H groups in total. The summed E-state index contributed by atoms with van der Waals surface area (Å²) in [6.45, 7) is 0. The highest BCUT2D eigenvalue weighted by molar-refractivity contribution is 6.13. The van der Waals surface area contributed by atoms with E-state index in [1.54, 1.807) is 0 Å². The van der Waals surface area contributed by atoms with E-state index in [1.807, 2.05) is 12.1 Å². The Morgan fingerprint density at radius 2 is 0.473 bits per heavy atom. The molecule has 0 amide bonds. The first-order valence-electron chi connectivity index (χ1n) is 25.2. The van der Waals surface area contributed by atoms with E-state index in [1.165, 1.54) is 66.1 Å². The lowest BCUT2D eigenvalue weighted by molar-refractivity contribution is 1.12. The molecule has 0 spiro atoms. The first kappa shape index (κ1) is 42.9. The Balaban J connectivity index is 1.07. The zero-order valence-corrected chi connectivity index (χ0v) is 40.3. The fraction of sp³-hybridized carbons (Fsp3) is 0. The predicted molar refractivity (Wildman–Crippen MR) is 309 cm³/mol. The smallest absolute Gasteiger partial charge is 0.160 e. The van der Waals surface area contributed by atoms with Crippen LogP contribution in [0.25, 0.3) is 133 Å². The molecule has 4 heteroatoms. The quantitative estimate of drug-likeness (QED) is 0.145. The van der Waals surface area contributed by atoms with Gasteiger partial charge in [0.15, 0.2) is 5.82 Å². The molecule has 0 aliphatic rings. The van der Waals surface area contributed by atoms with E-state index in [9.17, 15) is 0 Å². The average molecular weight is 943 g/mol. The molecule has 0 atom stereocenters. The van der Waals surface area contributed by atoms with Crippen LogP contribution in [-0.4, -0.2) is 19.1 Å². The van der Waals surface area contributed by atoms with E-state index in [2.05, 4.69) is 276 Å². The molecule has 0 bridgehead atoms. The third-order valence-corrected chi connectivity index (χ3v) is 14.5. The molecule has 0 radical (unpaired) electrons. The van der Waals surface area contributed by atoms with Gasteiger partial charge in [0.25, 0.3) is 0 Å². The van der Waals surface area contributed by atoms with Crippen LogP contribution in [0.15, 0.2) is 279 Å². The van der Waals surface area contributed by atoms with Crippen LogP contribution in [0.5, 0.6) is 0 Å². The van der Waals surface area contributed by atoms with Crippen molar-refractivity contribution in [2.45, 2.75) is 0 Å². The molecular formula is C70H46N4. The van der Waals surface area contributed by atoms with Gasteiger partial charge in [0, 0.05) is 49.6 Å². The Kier molecular flexibility index (Phi) is 10.5. The van der Waals surface area contributed by atoms with Crippen LogP contribution in [0.4, 0.5) is 0 Å². The minimum Gasteiger partial charge on any atom is -0.309 e. The molecule has 74 heavy (non-hydrogen) atoms. The largest absolute Gasteiger partial charge is 0.309 e. The van der Waals surface area contributed by atoms with Crippen LogP contribution in [0.2, 0.25) is 0 Å². The zero-order valence-electron chi connectivity index (χ0n) is 40.3. The van der Waals surface area contributed by atoms with Gasteiger partial charge in [-0.3, -0.25) is 0 Å². The molecule has 14 rings (SSSR count). The van der Waals surface area contributed by atoms with Crippen LogP contribution in [0.1, 0.15) is 0 Å². The molecule has 0 aliphatic carbocycles. The van der Waals surface area contributed by atoms with Crippen LogP contribution in [0.3, 0.4) is 0 Å². The van der Waals surface area contributed by atoms with Crippen molar-refractivity contribution in [3.8, 4) is 89.8 Å². The lowest BCUT2D eigenvalue weighted by Gasteiger charge is -2.16. The summed E-state index contributed by atoms with van der Waals surface area (Å²) in [5.74, 6) is 0.644. The van der Waals surface area contributed by atoms with Crippen molar-refractivity contribution in [2.24, 2.45) is 0 Å². The lowest BCUT2D eigenvalue weighted by Crippen LogP contribution is -2.02. The first-order valence-corrected chi connectivity index (χ1v) is 25.2. The van der Waals surface area contributed by atoms with Gasteiger partial charge in [0.2, 0.25) is 0 Å². The molecule has 346 valence electrons. The SMILES string of the molecule is c1ccc(-c2ccc3c(c2)c2cc(-c4ccccc4)ccc2n3-c2cc(-c3nc(-c4ccccc4)cc(-c4ccccc4)n3)cc(-n3c4ccc(-c5ccccc5)cc4c4cc(-c5ccccc5)ccc43)c2)cc1. The maximum Gasteiger partial charge on any atom is 0.160 e. The Hall–Kier alpha value is -9.90. The average Bonchev–Trinajstić information content (AvgIpc) is 4.02. The second kappa shape index (κ2) is 18.1. The van der Waals surface area contributed by atoms with Gasteiger partial charge in [-0.05, 0) is 117 Å². The van der Waals surface area contributed by atoms with Crippen molar-refractivity contribution in [1.29, 1.82) is 0 Å². The van der Waals surface area contributed by atoms with Gasteiger partial charge >= 0.3 is 0 Å². The van der Waals surface area contributed by atoms with E-state index in [4.69, 9.17) is 9.97 Å². The van der Waals surface area contributed by atoms with Crippen molar-refractivity contribution in [3.63, 3.8) is 0 Å². The number of hydrogen-bond donors (Lipinski definition) is 0. The van der Waals surface area contributed by atoms with Crippen LogP contribution in [0, 0.1) is 0 Å². The minimum atomic E-state index is 0.644. The monoisotopic (exact) mass is 942 g/mol. The van der Waals surface area contributed by atoms with E-state index >= 15 is 0 Å². The highest BCUT2D eigenvalue weighted by atomic mass is 15.0. The van der Waals surface area contributed by atoms with Crippen LogP contribution in [-0.2, 0) is 0 Å². The van der Waals surface area contributed by atoms with Gasteiger partial charge in [0.05, 0.1) is 33.5 Å². The van der Waals surface area contributed by atoms with Gasteiger partial charge in [0.1, 0.15) is 0 Å². The number of hydrogen-bond acceptors (Lipinski definition) is 2. The molecule has 0 saturated heterocycles. The van der Waals surface area contributed by atoms with Crippen LogP contribution >= 0.6 is 0 Å². The standard InChI is InChI=1S/C70H46N4/c1-7-19-47(20-8-1)53-31-35-66-60(41-53)61-42-54(48-21-9-2-10-22-48)32-36-67(61)73(66)58-39-57(70-71-64(51-27-15-5-16-28-51)46-65(72-70)52-29-17-6-18-30-52)40-59(45-58)74-68-37-33-55(49-23-11-3-12-24-49)43-62(68)63-44-56(34-38-69(63)74)50-25-13-4-14-26-50/h1-46H. The third-order valence-electron chi connectivity index (χ3n) is 14.5. The van der Waals surface area contributed by atoms with Gasteiger partial charge in [-0.25, -0.2) is 9.97 Å². The Labute approximate surface area is 429 Å². The number of nitrogens with zero attached hydrogens (tertiary/aromatic N) is 4. The van der Waals surface area contributed by atoms with Gasteiger partial charge in [-0.1, -0.05) is 206 Å². The number of rotatable bonds is 9. The summed E-state index contributed by atoms with van der Waals surface area (Å²) in [6.07, 6.45) is 0. The number of benzene rings is 11. The number of aromatic nitrogens is 4. The molecule has 3 aromatic heterocycles. The van der Waals surface area contributed by atoms with Crippen molar-refractivity contribution in [2.75, 3.05) is 0 Å². The molecule has 3 heterocycles. The second-order valence-corrected chi connectivity index (χ2v) is 19.0. The maximum absolute atomic E-state index is 5.44. The summed E-state index contributed by atoms with van der Waals surface area (Å²) in [7, 11) is 0. The third kappa shape index (κ3) is 7.65. The van der Waals surface area contributed by atoms with E-state index in [0.29, 0.717) is 5.82 Å². The molecule has 0 unspecified atom stereocenters.